The zero-order valence-electron chi connectivity index (χ0n) is 5.98. The molecular weight excluding hydrogens is 191 g/mol. The molecular formula is C7H8BBrO. The van der Waals surface area contributed by atoms with Crippen LogP contribution < -0.4 is 5.46 Å². The third-order valence-electron chi connectivity index (χ3n) is 1.46. The fourth-order valence-corrected chi connectivity index (χ4v) is 1.59. The van der Waals surface area contributed by atoms with E-state index in [1.165, 1.54) is 0 Å². The smallest absolute Gasteiger partial charge is 0.144 e. The van der Waals surface area contributed by atoms with Crippen LogP contribution in [0.2, 0.25) is 0 Å². The van der Waals surface area contributed by atoms with E-state index in [4.69, 9.17) is 0 Å². The molecule has 0 radical (unpaired) electrons. The molecule has 0 unspecified atom stereocenters. The molecule has 0 fully saturated rings. The maximum Gasteiger partial charge on any atom is 0.144 e. The first-order valence-electron chi connectivity index (χ1n) is 3.07. The normalized spacial score (nSPS) is 9.80. The molecule has 0 heterocycles. The Hall–Kier alpha value is -0.435. The van der Waals surface area contributed by atoms with E-state index in [1.807, 2.05) is 26.9 Å². The quantitative estimate of drug-likeness (QED) is 0.610. The summed E-state index contributed by atoms with van der Waals surface area (Å²) in [6.45, 7) is 1.88. The summed E-state index contributed by atoms with van der Waals surface area (Å²) >= 11 is 3.34. The van der Waals surface area contributed by atoms with Gasteiger partial charge in [-0.1, -0.05) is 22.0 Å². The van der Waals surface area contributed by atoms with Crippen LogP contribution in [-0.2, 0) is 0 Å². The first-order chi connectivity index (χ1) is 4.61. The van der Waals surface area contributed by atoms with Crippen molar-refractivity contribution in [2.75, 3.05) is 0 Å². The number of phenolic OH excluding ortho intramolecular Hbond substituents is 1. The molecule has 0 aliphatic heterocycles. The van der Waals surface area contributed by atoms with Crippen LogP contribution in [0.3, 0.4) is 0 Å². The molecule has 10 heavy (non-hydrogen) atoms. The maximum atomic E-state index is 9.31. The molecule has 0 aliphatic carbocycles. The summed E-state index contributed by atoms with van der Waals surface area (Å²) in [5.74, 6) is 0.392. The minimum atomic E-state index is 0.392. The summed E-state index contributed by atoms with van der Waals surface area (Å²) in [6.07, 6.45) is 0. The van der Waals surface area contributed by atoms with Gasteiger partial charge in [0.15, 0.2) is 0 Å². The van der Waals surface area contributed by atoms with Crippen molar-refractivity contribution in [3.05, 3.63) is 22.2 Å². The molecule has 1 nitrogen and oxygen atoms in total. The van der Waals surface area contributed by atoms with Gasteiger partial charge in [-0.05, 0) is 24.0 Å². The van der Waals surface area contributed by atoms with E-state index in [-0.39, 0.29) is 0 Å². The van der Waals surface area contributed by atoms with Crippen LogP contribution in [0.5, 0.6) is 5.75 Å². The number of aryl methyl sites for hydroxylation is 1. The molecule has 0 atom stereocenters. The molecule has 0 saturated heterocycles. The number of hydrogen-bond donors (Lipinski definition) is 1. The van der Waals surface area contributed by atoms with Crippen molar-refractivity contribution in [2.45, 2.75) is 6.92 Å². The monoisotopic (exact) mass is 198 g/mol. The minimum Gasteiger partial charge on any atom is -0.508 e. The first kappa shape index (κ1) is 7.67. The number of aromatic hydroxyl groups is 1. The Morgan fingerprint density at radius 3 is 2.60 bits per heavy atom. The van der Waals surface area contributed by atoms with Gasteiger partial charge in [0.1, 0.15) is 13.6 Å². The van der Waals surface area contributed by atoms with Gasteiger partial charge in [0.2, 0.25) is 0 Å². The predicted octanol–water partition coefficient (Wildman–Crippen LogP) is 0.722. The summed E-state index contributed by atoms with van der Waals surface area (Å²) in [5, 5.41) is 9.31. The predicted molar refractivity (Wildman–Crippen MR) is 48.7 cm³/mol. The van der Waals surface area contributed by atoms with Crippen LogP contribution in [0, 0.1) is 6.92 Å². The third kappa shape index (κ3) is 1.35. The molecule has 52 valence electrons. The molecule has 0 aliphatic rings. The van der Waals surface area contributed by atoms with E-state index in [0.717, 1.165) is 15.5 Å². The van der Waals surface area contributed by atoms with Crippen molar-refractivity contribution >= 4 is 29.2 Å². The van der Waals surface area contributed by atoms with Gasteiger partial charge >= 0.3 is 0 Å². The Kier molecular flexibility index (Phi) is 2.04. The Labute approximate surface area is 69.6 Å². The van der Waals surface area contributed by atoms with E-state index in [9.17, 15) is 5.11 Å². The summed E-state index contributed by atoms with van der Waals surface area (Å²) < 4.78 is 1.01. The lowest BCUT2D eigenvalue weighted by Gasteiger charge is -2.02. The molecule has 3 heteroatoms. The Balaban J connectivity index is 3.31. The van der Waals surface area contributed by atoms with E-state index >= 15 is 0 Å². The summed E-state index contributed by atoms with van der Waals surface area (Å²) in [6, 6.07) is 3.78. The van der Waals surface area contributed by atoms with Crippen LogP contribution in [-0.4, -0.2) is 13.0 Å². The van der Waals surface area contributed by atoms with Crippen LogP contribution >= 0.6 is 15.9 Å². The number of phenols is 1. The number of hydrogen-bond acceptors (Lipinski definition) is 1. The molecule has 1 rings (SSSR count). The van der Waals surface area contributed by atoms with Crippen molar-refractivity contribution in [2.24, 2.45) is 0 Å². The highest BCUT2D eigenvalue weighted by molar-refractivity contribution is 9.10. The first-order valence-corrected chi connectivity index (χ1v) is 3.86. The van der Waals surface area contributed by atoms with Gasteiger partial charge in [0.25, 0.3) is 0 Å². The van der Waals surface area contributed by atoms with Crippen LogP contribution in [0.1, 0.15) is 5.56 Å². The van der Waals surface area contributed by atoms with Gasteiger partial charge in [-0.25, -0.2) is 0 Å². The fraction of sp³-hybridized carbons (Fsp3) is 0.143. The van der Waals surface area contributed by atoms with Crippen molar-refractivity contribution in [3.8, 4) is 5.75 Å². The van der Waals surface area contributed by atoms with Gasteiger partial charge in [-0.3, -0.25) is 0 Å². The van der Waals surface area contributed by atoms with Gasteiger partial charge < -0.3 is 5.11 Å². The average molecular weight is 199 g/mol. The Morgan fingerprint density at radius 2 is 2.10 bits per heavy atom. The van der Waals surface area contributed by atoms with Crippen LogP contribution in [0.4, 0.5) is 0 Å². The van der Waals surface area contributed by atoms with Crippen LogP contribution in [0.15, 0.2) is 16.6 Å². The highest BCUT2D eigenvalue weighted by Crippen LogP contribution is 2.17. The molecule has 0 aromatic heterocycles. The largest absolute Gasteiger partial charge is 0.508 e. The van der Waals surface area contributed by atoms with Gasteiger partial charge in [0, 0.05) is 4.47 Å². The van der Waals surface area contributed by atoms with Gasteiger partial charge in [-0.15, -0.1) is 0 Å². The van der Waals surface area contributed by atoms with Crippen molar-refractivity contribution in [1.82, 2.24) is 0 Å². The number of halogens is 1. The lowest BCUT2D eigenvalue weighted by atomic mass is 9.93. The van der Waals surface area contributed by atoms with E-state index < -0.39 is 0 Å². The molecule has 0 saturated carbocycles. The van der Waals surface area contributed by atoms with Crippen molar-refractivity contribution < 1.29 is 5.11 Å². The van der Waals surface area contributed by atoms with E-state index in [1.54, 1.807) is 0 Å². The SMILES string of the molecule is Bc1cc(Br)cc(C)c1O. The maximum absolute atomic E-state index is 9.31. The second-order valence-corrected chi connectivity index (χ2v) is 3.30. The molecule has 0 amide bonds. The van der Waals surface area contributed by atoms with E-state index in [2.05, 4.69) is 15.9 Å². The van der Waals surface area contributed by atoms with Crippen molar-refractivity contribution in [1.29, 1.82) is 0 Å². The molecule has 1 N–H and O–H groups in total. The summed E-state index contributed by atoms with van der Waals surface area (Å²) in [7, 11) is 1.88. The average Bonchev–Trinajstić information content (AvgIpc) is 1.82. The van der Waals surface area contributed by atoms with Crippen LogP contribution in [0.25, 0.3) is 0 Å². The standard InChI is InChI=1S/C7H8BBrO/c1-4-2-5(9)3-6(8)7(4)10/h2-3,10H,8H2,1H3. The second-order valence-electron chi connectivity index (χ2n) is 2.39. The third-order valence-corrected chi connectivity index (χ3v) is 1.91. The Bertz CT molecular complexity index is 237. The molecule has 1 aromatic carbocycles. The lowest BCUT2D eigenvalue weighted by Crippen LogP contribution is -2.03. The zero-order valence-corrected chi connectivity index (χ0v) is 7.57. The van der Waals surface area contributed by atoms with Crippen molar-refractivity contribution in [3.63, 3.8) is 0 Å². The number of rotatable bonds is 0. The lowest BCUT2D eigenvalue weighted by molar-refractivity contribution is 0.475. The second kappa shape index (κ2) is 2.66. The molecule has 0 spiro atoms. The summed E-state index contributed by atoms with van der Waals surface area (Å²) in [4.78, 5) is 0. The fourth-order valence-electron chi connectivity index (χ4n) is 0.903. The Morgan fingerprint density at radius 1 is 1.50 bits per heavy atom. The minimum absolute atomic E-state index is 0.392. The van der Waals surface area contributed by atoms with Gasteiger partial charge in [0.05, 0.1) is 0 Å². The molecule has 1 aromatic rings. The zero-order chi connectivity index (χ0) is 7.72. The van der Waals surface area contributed by atoms with E-state index in [0.29, 0.717) is 5.75 Å². The topological polar surface area (TPSA) is 20.2 Å². The van der Waals surface area contributed by atoms with Gasteiger partial charge in [-0.2, -0.15) is 0 Å². The highest BCUT2D eigenvalue weighted by atomic mass is 79.9. The summed E-state index contributed by atoms with van der Waals surface area (Å²) in [5.41, 5.74) is 1.82. The molecule has 0 bridgehead atoms. The highest BCUT2D eigenvalue weighted by Gasteiger charge is 1.99. The number of benzene rings is 1.